The van der Waals surface area contributed by atoms with Crippen LogP contribution in [0.25, 0.3) is 0 Å². The summed E-state index contributed by atoms with van der Waals surface area (Å²) in [7, 11) is 3.49. The number of hydrogen-bond acceptors (Lipinski definition) is 3. The second kappa shape index (κ2) is 7.53. The third-order valence-corrected chi connectivity index (χ3v) is 4.23. The van der Waals surface area contributed by atoms with E-state index in [2.05, 4.69) is 12.2 Å². The Morgan fingerprint density at radius 1 is 1.15 bits per heavy atom. The van der Waals surface area contributed by atoms with Gasteiger partial charge in [0.1, 0.15) is 11.5 Å². The molecule has 0 saturated heterocycles. The monoisotopic (exact) mass is 277 g/mol. The van der Waals surface area contributed by atoms with Gasteiger partial charge in [0.05, 0.1) is 14.2 Å². The average molecular weight is 277 g/mol. The summed E-state index contributed by atoms with van der Waals surface area (Å²) < 4.78 is 11.1. The maximum atomic E-state index is 5.56. The van der Waals surface area contributed by atoms with Gasteiger partial charge in [-0.2, -0.15) is 0 Å². The topological polar surface area (TPSA) is 30.5 Å². The van der Waals surface area contributed by atoms with Gasteiger partial charge in [0.15, 0.2) is 0 Å². The minimum Gasteiger partial charge on any atom is -0.496 e. The molecule has 1 aliphatic carbocycles. The van der Waals surface area contributed by atoms with Gasteiger partial charge in [0.2, 0.25) is 0 Å². The van der Waals surface area contributed by atoms with Gasteiger partial charge in [-0.3, -0.25) is 0 Å². The highest BCUT2D eigenvalue weighted by molar-refractivity contribution is 5.47. The SMILES string of the molecule is CCCNC1CCCC(c2c(OC)cccc2OC)C1. The first-order chi connectivity index (χ1) is 9.80. The summed E-state index contributed by atoms with van der Waals surface area (Å²) in [5.74, 6) is 2.46. The Morgan fingerprint density at radius 2 is 1.85 bits per heavy atom. The van der Waals surface area contributed by atoms with Crippen LogP contribution in [0.5, 0.6) is 11.5 Å². The van der Waals surface area contributed by atoms with E-state index in [0.717, 1.165) is 18.0 Å². The van der Waals surface area contributed by atoms with Gasteiger partial charge < -0.3 is 14.8 Å². The van der Waals surface area contributed by atoms with Crippen LogP contribution >= 0.6 is 0 Å². The zero-order chi connectivity index (χ0) is 14.4. The first kappa shape index (κ1) is 15.2. The Bertz CT molecular complexity index is 397. The molecule has 0 amide bonds. The van der Waals surface area contributed by atoms with E-state index in [-0.39, 0.29) is 0 Å². The molecular weight excluding hydrogens is 250 g/mol. The molecule has 1 aromatic carbocycles. The summed E-state index contributed by atoms with van der Waals surface area (Å²) in [5, 5.41) is 3.66. The molecule has 0 aromatic heterocycles. The Morgan fingerprint density at radius 3 is 2.45 bits per heavy atom. The molecule has 2 atom stereocenters. The van der Waals surface area contributed by atoms with Crippen LogP contribution in [-0.2, 0) is 0 Å². The van der Waals surface area contributed by atoms with Crippen molar-refractivity contribution in [1.82, 2.24) is 5.32 Å². The van der Waals surface area contributed by atoms with E-state index in [4.69, 9.17) is 9.47 Å². The van der Waals surface area contributed by atoms with Crippen molar-refractivity contribution in [2.45, 2.75) is 51.0 Å². The van der Waals surface area contributed by atoms with Gasteiger partial charge in [-0.1, -0.05) is 19.4 Å². The van der Waals surface area contributed by atoms with Gasteiger partial charge in [-0.25, -0.2) is 0 Å². The highest BCUT2D eigenvalue weighted by Gasteiger charge is 2.27. The fourth-order valence-corrected chi connectivity index (χ4v) is 3.27. The third kappa shape index (κ3) is 3.45. The maximum absolute atomic E-state index is 5.56. The fourth-order valence-electron chi connectivity index (χ4n) is 3.27. The van der Waals surface area contributed by atoms with Gasteiger partial charge >= 0.3 is 0 Å². The largest absolute Gasteiger partial charge is 0.496 e. The molecule has 3 heteroatoms. The molecule has 0 radical (unpaired) electrons. The molecule has 2 unspecified atom stereocenters. The van der Waals surface area contributed by atoms with Crippen molar-refractivity contribution in [3.05, 3.63) is 23.8 Å². The normalized spacial score (nSPS) is 22.6. The molecule has 0 spiro atoms. The van der Waals surface area contributed by atoms with Crippen molar-refractivity contribution in [1.29, 1.82) is 0 Å². The second-order valence-electron chi connectivity index (χ2n) is 5.59. The molecular formula is C17H27NO2. The van der Waals surface area contributed by atoms with Gasteiger partial charge in [0, 0.05) is 11.6 Å². The molecule has 0 heterocycles. The average Bonchev–Trinajstić information content (AvgIpc) is 2.52. The standard InChI is InChI=1S/C17H27NO2/c1-4-11-18-14-8-5-7-13(12-14)17-15(19-2)9-6-10-16(17)20-3/h6,9-10,13-14,18H,4-5,7-8,11-12H2,1-3H3. The summed E-state index contributed by atoms with van der Waals surface area (Å²) in [6.07, 6.45) is 6.15. The van der Waals surface area contributed by atoms with Crippen LogP contribution in [-0.4, -0.2) is 26.8 Å². The summed E-state index contributed by atoms with van der Waals surface area (Å²) in [5.41, 5.74) is 1.25. The van der Waals surface area contributed by atoms with E-state index in [1.807, 2.05) is 18.2 Å². The van der Waals surface area contributed by atoms with Crippen LogP contribution in [0.4, 0.5) is 0 Å². The highest BCUT2D eigenvalue weighted by atomic mass is 16.5. The highest BCUT2D eigenvalue weighted by Crippen LogP contribution is 2.42. The molecule has 20 heavy (non-hydrogen) atoms. The molecule has 3 nitrogen and oxygen atoms in total. The van der Waals surface area contributed by atoms with E-state index in [0.29, 0.717) is 12.0 Å². The quantitative estimate of drug-likeness (QED) is 0.859. The number of benzene rings is 1. The molecule has 0 aliphatic heterocycles. The number of nitrogens with one attached hydrogen (secondary N) is 1. The number of methoxy groups -OCH3 is 2. The summed E-state index contributed by atoms with van der Waals surface area (Å²) in [6.45, 7) is 3.33. The lowest BCUT2D eigenvalue weighted by molar-refractivity contribution is 0.318. The Hall–Kier alpha value is -1.22. The zero-order valence-electron chi connectivity index (χ0n) is 12.9. The summed E-state index contributed by atoms with van der Waals surface area (Å²) >= 11 is 0. The smallest absolute Gasteiger partial charge is 0.126 e. The van der Waals surface area contributed by atoms with Gasteiger partial charge in [0.25, 0.3) is 0 Å². The van der Waals surface area contributed by atoms with E-state index in [1.165, 1.54) is 37.7 Å². The van der Waals surface area contributed by atoms with Crippen LogP contribution in [0.3, 0.4) is 0 Å². The molecule has 1 aromatic rings. The van der Waals surface area contributed by atoms with E-state index in [1.54, 1.807) is 14.2 Å². The minimum absolute atomic E-state index is 0.532. The van der Waals surface area contributed by atoms with Gasteiger partial charge in [-0.05, 0) is 50.3 Å². The summed E-state index contributed by atoms with van der Waals surface area (Å²) in [6, 6.07) is 6.71. The van der Waals surface area contributed by atoms with E-state index >= 15 is 0 Å². The van der Waals surface area contributed by atoms with Crippen molar-refractivity contribution in [2.75, 3.05) is 20.8 Å². The van der Waals surface area contributed by atoms with E-state index in [9.17, 15) is 0 Å². The van der Waals surface area contributed by atoms with Crippen LogP contribution in [0.2, 0.25) is 0 Å². The van der Waals surface area contributed by atoms with E-state index < -0.39 is 0 Å². The molecule has 1 aliphatic rings. The number of hydrogen-bond donors (Lipinski definition) is 1. The number of rotatable bonds is 6. The minimum atomic E-state index is 0.532. The maximum Gasteiger partial charge on any atom is 0.126 e. The van der Waals surface area contributed by atoms with Crippen molar-refractivity contribution in [3.8, 4) is 11.5 Å². The van der Waals surface area contributed by atoms with Crippen LogP contribution < -0.4 is 14.8 Å². The first-order valence-electron chi connectivity index (χ1n) is 7.74. The number of ether oxygens (including phenoxy) is 2. The first-order valence-corrected chi connectivity index (χ1v) is 7.74. The predicted octanol–water partition coefficient (Wildman–Crippen LogP) is 3.73. The lowest BCUT2D eigenvalue weighted by Gasteiger charge is -2.31. The van der Waals surface area contributed by atoms with Crippen molar-refractivity contribution in [3.63, 3.8) is 0 Å². The van der Waals surface area contributed by atoms with Crippen molar-refractivity contribution < 1.29 is 9.47 Å². The van der Waals surface area contributed by atoms with Crippen LogP contribution in [0.1, 0.15) is 50.5 Å². The van der Waals surface area contributed by atoms with Crippen LogP contribution in [0, 0.1) is 0 Å². The molecule has 1 fully saturated rings. The molecule has 1 N–H and O–H groups in total. The molecule has 112 valence electrons. The third-order valence-electron chi connectivity index (χ3n) is 4.23. The van der Waals surface area contributed by atoms with Crippen molar-refractivity contribution in [2.24, 2.45) is 0 Å². The second-order valence-corrected chi connectivity index (χ2v) is 5.59. The molecule has 0 bridgehead atoms. The van der Waals surface area contributed by atoms with Gasteiger partial charge in [-0.15, -0.1) is 0 Å². The Balaban J connectivity index is 2.17. The lowest BCUT2D eigenvalue weighted by Crippen LogP contribution is -2.34. The lowest BCUT2D eigenvalue weighted by atomic mass is 9.80. The molecule has 1 saturated carbocycles. The Kier molecular flexibility index (Phi) is 5.72. The fraction of sp³-hybridized carbons (Fsp3) is 0.647. The van der Waals surface area contributed by atoms with Crippen LogP contribution in [0.15, 0.2) is 18.2 Å². The molecule has 2 rings (SSSR count). The predicted molar refractivity (Wildman–Crippen MR) is 82.8 cm³/mol. The Labute approximate surface area is 122 Å². The van der Waals surface area contributed by atoms with Crippen molar-refractivity contribution >= 4 is 0 Å². The zero-order valence-corrected chi connectivity index (χ0v) is 12.9. The summed E-state index contributed by atoms with van der Waals surface area (Å²) in [4.78, 5) is 0.